The Labute approximate surface area is 136 Å². The minimum Gasteiger partial charge on any atom is -0.508 e. The predicted molar refractivity (Wildman–Crippen MR) is 90.2 cm³/mol. The number of hydrogen-bond acceptors (Lipinski definition) is 3. The quantitative estimate of drug-likeness (QED) is 0.945. The molecule has 2 aromatic rings. The molecule has 0 saturated heterocycles. The van der Waals surface area contributed by atoms with Crippen molar-refractivity contribution in [1.82, 2.24) is 0 Å². The Morgan fingerprint density at radius 3 is 2.61 bits per heavy atom. The molecule has 1 aliphatic rings. The lowest BCUT2D eigenvalue weighted by molar-refractivity contribution is -0.126. The van der Waals surface area contributed by atoms with Gasteiger partial charge in [-0.15, -0.1) is 0 Å². The normalized spacial score (nSPS) is 16.9. The summed E-state index contributed by atoms with van der Waals surface area (Å²) in [5.74, 6) is 0.656. The maximum absolute atomic E-state index is 12.7. The predicted octanol–water partition coefficient (Wildman–Crippen LogP) is 3.37. The van der Waals surface area contributed by atoms with Gasteiger partial charge in [0, 0.05) is 19.0 Å². The lowest BCUT2D eigenvalue weighted by atomic mass is 10.0. The Hall–Kier alpha value is -2.49. The van der Waals surface area contributed by atoms with Gasteiger partial charge in [-0.05, 0) is 49.6 Å². The first-order valence-electron chi connectivity index (χ1n) is 7.86. The summed E-state index contributed by atoms with van der Waals surface area (Å²) in [6, 6.07) is 11.1. The lowest BCUT2D eigenvalue weighted by Gasteiger charge is -2.34. The molecule has 3 rings (SSSR count). The number of benzene rings is 2. The molecule has 4 heteroatoms. The van der Waals surface area contributed by atoms with Crippen LogP contribution in [0.15, 0.2) is 36.4 Å². The molecule has 23 heavy (non-hydrogen) atoms. The number of likely N-dealkylation sites (N-methyl/N-ethyl adjacent to an activating group) is 1. The monoisotopic (exact) mass is 311 g/mol. The van der Waals surface area contributed by atoms with E-state index in [0.717, 1.165) is 5.56 Å². The van der Waals surface area contributed by atoms with Crippen LogP contribution in [0.4, 0.5) is 5.69 Å². The van der Waals surface area contributed by atoms with E-state index in [1.165, 1.54) is 11.1 Å². The number of aromatic hydroxyl groups is 1. The van der Waals surface area contributed by atoms with Gasteiger partial charge in [-0.25, -0.2) is 0 Å². The molecule has 1 amide bonds. The number of nitrogens with zero attached hydrogens (tertiary/aromatic N) is 1. The number of carbonyl (C=O) groups is 1. The molecule has 0 spiro atoms. The summed E-state index contributed by atoms with van der Waals surface area (Å²) < 4.78 is 5.88. The number of phenols is 1. The van der Waals surface area contributed by atoms with Crippen molar-refractivity contribution in [2.24, 2.45) is 0 Å². The number of aryl methyl sites for hydroxylation is 2. The van der Waals surface area contributed by atoms with Crippen LogP contribution in [0.1, 0.15) is 23.6 Å². The fourth-order valence-corrected chi connectivity index (χ4v) is 2.92. The zero-order valence-electron chi connectivity index (χ0n) is 13.7. The molecule has 0 aliphatic carbocycles. The summed E-state index contributed by atoms with van der Waals surface area (Å²) in [5, 5.41) is 9.67. The van der Waals surface area contributed by atoms with Crippen LogP contribution in [0.5, 0.6) is 11.5 Å². The first-order chi connectivity index (χ1) is 11.0. The van der Waals surface area contributed by atoms with Crippen molar-refractivity contribution in [1.29, 1.82) is 0 Å². The second-order valence-electron chi connectivity index (χ2n) is 5.96. The van der Waals surface area contributed by atoms with E-state index >= 15 is 0 Å². The molecule has 0 aromatic heterocycles. The Morgan fingerprint density at radius 2 is 1.91 bits per heavy atom. The molecule has 4 nitrogen and oxygen atoms in total. The van der Waals surface area contributed by atoms with Crippen LogP contribution in [0, 0.1) is 13.8 Å². The molecule has 0 fully saturated rings. The summed E-state index contributed by atoms with van der Waals surface area (Å²) in [5.41, 5.74) is 4.23. The summed E-state index contributed by atoms with van der Waals surface area (Å²) >= 11 is 0. The molecule has 1 heterocycles. The van der Waals surface area contributed by atoms with Crippen LogP contribution in [-0.2, 0) is 11.2 Å². The van der Waals surface area contributed by atoms with Crippen molar-refractivity contribution in [3.05, 3.63) is 53.1 Å². The highest BCUT2D eigenvalue weighted by molar-refractivity contribution is 6.00. The van der Waals surface area contributed by atoms with Crippen LogP contribution in [0.25, 0.3) is 0 Å². The lowest BCUT2D eigenvalue weighted by Crippen LogP contribution is -2.46. The maximum atomic E-state index is 12.7. The zero-order valence-corrected chi connectivity index (χ0v) is 13.7. The second-order valence-corrected chi connectivity index (χ2v) is 5.96. The van der Waals surface area contributed by atoms with Gasteiger partial charge < -0.3 is 14.7 Å². The van der Waals surface area contributed by atoms with E-state index in [9.17, 15) is 9.90 Å². The van der Waals surface area contributed by atoms with Gasteiger partial charge in [0.1, 0.15) is 11.5 Å². The Kier molecular flexibility index (Phi) is 3.99. The van der Waals surface area contributed by atoms with Crippen LogP contribution in [0.2, 0.25) is 0 Å². The van der Waals surface area contributed by atoms with Gasteiger partial charge in [0.15, 0.2) is 6.10 Å². The van der Waals surface area contributed by atoms with Crippen LogP contribution in [-0.4, -0.2) is 23.7 Å². The highest BCUT2D eigenvalue weighted by atomic mass is 16.5. The molecule has 0 radical (unpaired) electrons. The van der Waals surface area contributed by atoms with Gasteiger partial charge in [-0.1, -0.05) is 18.2 Å². The molecule has 2 aromatic carbocycles. The molecule has 1 aliphatic heterocycles. The number of fused-ring (bicyclic) bond motifs is 1. The highest BCUT2D eigenvalue weighted by Crippen LogP contribution is 2.37. The van der Waals surface area contributed by atoms with E-state index in [1.807, 2.05) is 13.0 Å². The third-order valence-corrected chi connectivity index (χ3v) is 4.35. The van der Waals surface area contributed by atoms with Crippen molar-refractivity contribution < 1.29 is 14.6 Å². The van der Waals surface area contributed by atoms with E-state index in [1.54, 1.807) is 23.1 Å². The Morgan fingerprint density at radius 1 is 1.13 bits per heavy atom. The fourth-order valence-electron chi connectivity index (χ4n) is 2.92. The van der Waals surface area contributed by atoms with Gasteiger partial charge in [0.2, 0.25) is 0 Å². The summed E-state index contributed by atoms with van der Waals surface area (Å²) in [6.45, 7) is 6.64. The van der Waals surface area contributed by atoms with Crippen molar-refractivity contribution in [2.45, 2.75) is 33.3 Å². The van der Waals surface area contributed by atoms with Crippen molar-refractivity contribution in [2.75, 3.05) is 11.4 Å². The van der Waals surface area contributed by atoms with Gasteiger partial charge in [-0.2, -0.15) is 0 Å². The number of ether oxygens (including phenoxy) is 1. The number of hydrogen-bond donors (Lipinski definition) is 1. The molecule has 0 bridgehead atoms. The minimum absolute atomic E-state index is 0.0380. The van der Waals surface area contributed by atoms with Crippen LogP contribution in [0.3, 0.4) is 0 Å². The topological polar surface area (TPSA) is 49.8 Å². The van der Waals surface area contributed by atoms with E-state index in [2.05, 4.69) is 26.0 Å². The second kappa shape index (κ2) is 5.95. The SMILES string of the molecule is CCN1C(=O)C(Cc2ccc(C)c(C)c2)Oc2cc(O)ccc21. The van der Waals surface area contributed by atoms with E-state index in [0.29, 0.717) is 24.4 Å². The Bertz CT molecular complexity index is 754. The van der Waals surface area contributed by atoms with E-state index < -0.39 is 6.10 Å². The molecule has 1 unspecified atom stereocenters. The third kappa shape index (κ3) is 2.89. The first-order valence-corrected chi connectivity index (χ1v) is 7.86. The number of phenolic OH excluding ortho intramolecular Hbond substituents is 1. The smallest absolute Gasteiger partial charge is 0.268 e. The first kappa shape index (κ1) is 15.4. The summed E-state index contributed by atoms with van der Waals surface area (Å²) in [6.07, 6.45) is -0.0442. The molecule has 120 valence electrons. The molecular formula is C19H21NO3. The number of amides is 1. The van der Waals surface area contributed by atoms with Gasteiger partial charge >= 0.3 is 0 Å². The van der Waals surface area contributed by atoms with Gasteiger partial charge in [0.25, 0.3) is 5.91 Å². The van der Waals surface area contributed by atoms with E-state index in [-0.39, 0.29) is 11.7 Å². The standard InChI is InChI=1S/C19H21NO3/c1-4-20-16-8-7-15(21)11-17(16)23-18(19(20)22)10-14-6-5-12(2)13(3)9-14/h5-9,11,18,21H,4,10H2,1-3H3. The summed E-state index contributed by atoms with van der Waals surface area (Å²) in [4.78, 5) is 14.4. The zero-order chi connectivity index (χ0) is 16.6. The fraction of sp³-hybridized carbons (Fsp3) is 0.316. The van der Waals surface area contributed by atoms with Crippen LogP contribution < -0.4 is 9.64 Å². The third-order valence-electron chi connectivity index (χ3n) is 4.35. The molecule has 1 N–H and O–H groups in total. The molecule has 0 saturated carbocycles. The largest absolute Gasteiger partial charge is 0.508 e. The van der Waals surface area contributed by atoms with Crippen molar-refractivity contribution >= 4 is 11.6 Å². The van der Waals surface area contributed by atoms with Crippen molar-refractivity contribution in [3.63, 3.8) is 0 Å². The summed E-state index contributed by atoms with van der Waals surface area (Å²) in [7, 11) is 0. The average molecular weight is 311 g/mol. The minimum atomic E-state index is -0.564. The molecular weight excluding hydrogens is 290 g/mol. The van der Waals surface area contributed by atoms with E-state index in [4.69, 9.17) is 4.74 Å². The molecule has 1 atom stereocenters. The average Bonchev–Trinajstić information content (AvgIpc) is 2.52. The maximum Gasteiger partial charge on any atom is 0.268 e. The highest BCUT2D eigenvalue weighted by Gasteiger charge is 2.33. The Balaban J connectivity index is 1.91. The number of rotatable bonds is 3. The van der Waals surface area contributed by atoms with Crippen LogP contribution >= 0.6 is 0 Å². The van der Waals surface area contributed by atoms with Crippen molar-refractivity contribution in [3.8, 4) is 11.5 Å². The number of carbonyl (C=O) groups excluding carboxylic acids is 1. The van der Waals surface area contributed by atoms with Gasteiger partial charge in [0.05, 0.1) is 5.69 Å². The number of anilines is 1. The van der Waals surface area contributed by atoms with Gasteiger partial charge in [-0.3, -0.25) is 4.79 Å².